The molecule has 0 unspecified atom stereocenters. The summed E-state index contributed by atoms with van der Waals surface area (Å²) in [5.41, 5.74) is -0.501. The third-order valence-corrected chi connectivity index (χ3v) is 3.56. The van der Waals surface area contributed by atoms with Crippen LogP contribution < -0.4 is 0 Å². The summed E-state index contributed by atoms with van der Waals surface area (Å²) in [7, 11) is 0. The van der Waals surface area contributed by atoms with Gasteiger partial charge in [0.1, 0.15) is 0 Å². The molecular weight excluding hydrogens is 320 g/mol. The van der Waals surface area contributed by atoms with E-state index in [-0.39, 0.29) is 15.6 Å². The van der Waals surface area contributed by atoms with Crippen molar-refractivity contribution in [3.05, 3.63) is 32.2 Å². The fraction of sp³-hybridized carbons (Fsp3) is 0. The molecule has 0 amide bonds. The first kappa shape index (κ1) is 11.2. The van der Waals surface area contributed by atoms with Crippen molar-refractivity contribution < 1.29 is 19.8 Å². The number of rotatable bonds is 2. The van der Waals surface area contributed by atoms with Gasteiger partial charge in [-0.15, -0.1) is 0 Å². The molecule has 0 spiro atoms. The van der Waals surface area contributed by atoms with Gasteiger partial charge < -0.3 is 10.2 Å². The second kappa shape index (κ2) is 4.10. The Morgan fingerprint density at radius 2 is 1.64 bits per heavy atom. The van der Waals surface area contributed by atoms with E-state index in [1.165, 1.54) is 12.1 Å². The van der Waals surface area contributed by atoms with Crippen molar-refractivity contribution >= 4 is 43.8 Å². The van der Waals surface area contributed by atoms with E-state index >= 15 is 0 Å². The molecule has 0 heterocycles. The Morgan fingerprint density at radius 1 is 1.07 bits per heavy atom. The minimum Gasteiger partial charge on any atom is -0.478 e. The van der Waals surface area contributed by atoms with E-state index in [2.05, 4.69) is 31.9 Å². The lowest BCUT2D eigenvalue weighted by Crippen LogP contribution is -2.09. The number of benzene rings is 1. The van der Waals surface area contributed by atoms with Crippen LogP contribution in [0.5, 0.6) is 0 Å². The fourth-order valence-electron chi connectivity index (χ4n) is 0.938. The smallest absolute Gasteiger partial charge is 0.337 e. The number of carboxylic acid groups (broad SMARTS) is 2. The summed E-state index contributed by atoms with van der Waals surface area (Å²) >= 11 is 6.10. The van der Waals surface area contributed by atoms with E-state index < -0.39 is 11.9 Å². The van der Waals surface area contributed by atoms with E-state index in [4.69, 9.17) is 10.2 Å². The van der Waals surface area contributed by atoms with Crippen LogP contribution in [-0.4, -0.2) is 22.2 Å². The first-order valence-corrected chi connectivity index (χ1v) is 4.98. The van der Waals surface area contributed by atoms with Crippen LogP contribution in [-0.2, 0) is 0 Å². The van der Waals surface area contributed by atoms with Crippen LogP contribution in [0.2, 0.25) is 0 Å². The van der Waals surface area contributed by atoms with Crippen molar-refractivity contribution in [2.45, 2.75) is 0 Å². The van der Waals surface area contributed by atoms with Crippen LogP contribution in [0.4, 0.5) is 0 Å². The Bertz CT molecular complexity index is 414. The van der Waals surface area contributed by atoms with Gasteiger partial charge in [-0.25, -0.2) is 9.59 Å². The summed E-state index contributed by atoms with van der Waals surface area (Å²) in [5.74, 6) is -2.55. The molecule has 0 radical (unpaired) electrons. The predicted molar refractivity (Wildman–Crippen MR) is 55.8 cm³/mol. The van der Waals surface area contributed by atoms with E-state index in [9.17, 15) is 9.59 Å². The maximum absolute atomic E-state index is 10.8. The number of aromatic carboxylic acids is 2. The molecule has 0 saturated heterocycles. The second-order valence-electron chi connectivity index (χ2n) is 2.39. The maximum atomic E-state index is 10.8. The Hall–Kier alpha value is -0.880. The van der Waals surface area contributed by atoms with Crippen LogP contribution in [0.3, 0.4) is 0 Å². The van der Waals surface area contributed by atoms with Crippen molar-refractivity contribution in [1.29, 1.82) is 0 Å². The summed E-state index contributed by atoms with van der Waals surface area (Å²) in [6, 6.07) is 2.71. The van der Waals surface area contributed by atoms with Crippen molar-refractivity contribution in [3.63, 3.8) is 0 Å². The number of hydrogen-bond acceptors (Lipinski definition) is 2. The predicted octanol–water partition coefficient (Wildman–Crippen LogP) is 2.61. The molecule has 4 nitrogen and oxygen atoms in total. The number of hydrogen-bond donors (Lipinski definition) is 2. The molecule has 0 aromatic heterocycles. The largest absolute Gasteiger partial charge is 0.478 e. The van der Waals surface area contributed by atoms with Crippen LogP contribution in [0.25, 0.3) is 0 Å². The Labute approximate surface area is 95.8 Å². The van der Waals surface area contributed by atoms with Gasteiger partial charge in [0.05, 0.1) is 11.1 Å². The molecule has 0 fully saturated rings. The van der Waals surface area contributed by atoms with Crippen LogP contribution in [0.15, 0.2) is 21.1 Å². The van der Waals surface area contributed by atoms with Gasteiger partial charge >= 0.3 is 11.9 Å². The maximum Gasteiger partial charge on any atom is 0.337 e. The van der Waals surface area contributed by atoms with E-state index in [0.29, 0.717) is 4.47 Å². The van der Waals surface area contributed by atoms with Crippen LogP contribution in [0, 0.1) is 0 Å². The zero-order valence-corrected chi connectivity index (χ0v) is 9.79. The summed E-state index contributed by atoms with van der Waals surface area (Å²) in [6.45, 7) is 0. The highest BCUT2D eigenvalue weighted by Crippen LogP contribution is 2.29. The van der Waals surface area contributed by atoms with Gasteiger partial charge in [0.25, 0.3) is 0 Å². The number of halogens is 2. The minimum atomic E-state index is -1.28. The van der Waals surface area contributed by atoms with Gasteiger partial charge in [-0.05, 0) is 44.0 Å². The molecule has 74 valence electrons. The molecule has 1 rings (SSSR count). The first-order chi connectivity index (χ1) is 6.45. The quantitative estimate of drug-likeness (QED) is 0.877. The van der Waals surface area contributed by atoms with E-state index in [0.717, 1.165) is 0 Å². The highest BCUT2D eigenvalue weighted by molar-refractivity contribution is 9.13. The van der Waals surface area contributed by atoms with Crippen LogP contribution >= 0.6 is 31.9 Å². The third kappa shape index (κ3) is 1.96. The lowest BCUT2D eigenvalue weighted by Gasteiger charge is -2.05. The lowest BCUT2D eigenvalue weighted by molar-refractivity contribution is 0.0650. The monoisotopic (exact) mass is 322 g/mol. The van der Waals surface area contributed by atoms with Crippen LogP contribution in [0.1, 0.15) is 20.7 Å². The van der Waals surface area contributed by atoms with Gasteiger partial charge in [0.15, 0.2) is 0 Å². The average Bonchev–Trinajstić information content (AvgIpc) is 2.08. The van der Waals surface area contributed by atoms with Gasteiger partial charge in [-0.3, -0.25) is 0 Å². The Morgan fingerprint density at radius 3 is 2.07 bits per heavy atom. The molecule has 14 heavy (non-hydrogen) atoms. The molecule has 0 saturated carbocycles. The van der Waals surface area contributed by atoms with E-state index in [1.807, 2.05) is 0 Å². The normalized spacial score (nSPS) is 9.86. The highest BCUT2D eigenvalue weighted by Gasteiger charge is 2.20. The zero-order chi connectivity index (χ0) is 10.9. The molecule has 0 bridgehead atoms. The Balaban J connectivity index is 3.53. The molecule has 0 aliphatic heterocycles. The topological polar surface area (TPSA) is 74.6 Å². The SMILES string of the molecule is O=C(O)c1ccc(Br)c(Br)c1C(=O)O. The molecule has 2 N–H and O–H groups in total. The highest BCUT2D eigenvalue weighted by atomic mass is 79.9. The number of carbonyl (C=O) groups is 2. The molecule has 0 aliphatic carbocycles. The molecular formula is C8H4Br2O4. The summed E-state index contributed by atoms with van der Waals surface area (Å²) < 4.78 is 0.727. The third-order valence-electron chi connectivity index (χ3n) is 1.54. The summed E-state index contributed by atoms with van der Waals surface area (Å²) in [5, 5.41) is 17.5. The molecule has 0 aliphatic rings. The number of carboxylic acids is 2. The zero-order valence-electron chi connectivity index (χ0n) is 6.62. The van der Waals surface area contributed by atoms with Gasteiger partial charge in [-0.2, -0.15) is 0 Å². The fourth-order valence-corrected chi connectivity index (χ4v) is 1.78. The molecule has 6 heteroatoms. The van der Waals surface area contributed by atoms with Gasteiger partial charge in [-0.1, -0.05) is 0 Å². The Kier molecular flexibility index (Phi) is 3.28. The molecule has 1 aromatic rings. The average molecular weight is 324 g/mol. The van der Waals surface area contributed by atoms with Gasteiger partial charge in [0, 0.05) is 8.95 Å². The molecule has 0 atom stereocenters. The minimum absolute atomic E-state index is 0.227. The van der Waals surface area contributed by atoms with Crippen molar-refractivity contribution in [2.24, 2.45) is 0 Å². The second-order valence-corrected chi connectivity index (χ2v) is 4.04. The van der Waals surface area contributed by atoms with E-state index in [1.54, 1.807) is 0 Å². The first-order valence-electron chi connectivity index (χ1n) is 3.39. The molecule has 1 aromatic carbocycles. The van der Waals surface area contributed by atoms with Crippen molar-refractivity contribution in [1.82, 2.24) is 0 Å². The summed E-state index contributed by atoms with van der Waals surface area (Å²) in [4.78, 5) is 21.5. The van der Waals surface area contributed by atoms with Crippen molar-refractivity contribution in [2.75, 3.05) is 0 Å². The summed E-state index contributed by atoms with van der Waals surface area (Å²) in [6.07, 6.45) is 0. The van der Waals surface area contributed by atoms with Gasteiger partial charge in [0.2, 0.25) is 0 Å². The standard InChI is InChI=1S/C8H4Br2O4/c9-4-2-1-3(7(11)12)5(6(4)10)8(13)14/h1-2H,(H,11,12)(H,13,14). The lowest BCUT2D eigenvalue weighted by atomic mass is 10.1. The van der Waals surface area contributed by atoms with Crippen molar-refractivity contribution in [3.8, 4) is 0 Å².